The van der Waals surface area contributed by atoms with Gasteiger partial charge in [0.2, 0.25) is 0 Å². The van der Waals surface area contributed by atoms with Gasteiger partial charge in [0, 0.05) is 32.3 Å². The first-order valence-electron chi connectivity index (χ1n) is 9.62. The SMILES string of the molecule is C=C(C)[C@H]1CC(=O)C[C@H]2O[C@@](C)(CC2=O)C[C@H]2C=C(C(=O)O2)[C@@H](OCC)C1. The number of allylic oxidation sites excluding steroid dienone is 1. The predicted molar refractivity (Wildman–Crippen MR) is 98.1 cm³/mol. The van der Waals surface area contributed by atoms with Gasteiger partial charge in [-0.15, -0.1) is 0 Å². The van der Waals surface area contributed by atoms with Crippen molar-refractivity contribution in [2.75, 3.05) is 6.61 Å². The van der Waals surface area contributed by atoms with Crippen LogP contribution in [0.5, 0.6) is 0 Å². The van der Waals surface area contributed by atoms with Crippen LogP contribution in [0.3, 0.4) is 0 Å². The van der Waals surface area contributed by atoms with E-state index in [1.165, 1.54) is 0 Å². The van der Waals surface area contributed by atoms with E-state index >= 15 is 0 Å². The zero-order valence-corrected chi connectivity index (χ0v) is 16.3. The highest BCUT2D eigenvalue weighted by atomic mass is 16.6. The van der Waals surface area contributed by atoms with Gasteiger partial charge in [-0.25, -0.2) is 4.79 Å². The molecule has 6 nitrogen and oxygen atoms in total. The molecule has 1 fully saturated rings. The minimum atomic E-state index is -0.734. The Morgan fingerprint density at radius 2 is 2.07 bits per heavy atom. The molecule has 0 aromatic heterocycles. The number of Topliss-reactive ketones (excluding diaryl/α,β-unsaturated/α-hetero) is 2. The zero-order valence-electron chi connectivity index (χ0n) is 16.3. The highest BCUT2D eigenvalue weighted by Crippen LogP contribution is 2.38. The molecule has 0 aromatic rings. The van der Waals surface area contributed by atoms with E-state index in [0.717, 1.165) is 5.57 Å². The highest BCUT2D eigenvalue weighted by molar-refractivity contribution is 5.93. The molecule has 3 heterocycles. The molecule has 1 saturated heterocycles. The quantitative estimate of drug-likeness (QED) is 0.557. The first kappa shape index (κ1) is 20.0. The predicted octanol–water partition coefficient (Wildman–Crippen LogP) is 2.70. The summed E-state index contributed by atoms with van der Waals surface area (Å²) in [4.78, 5) is 37.4. The molecule has 27 heavy (non-hydrogen) atoms. The number of rotatable bonds is 3. The Bertz CT molecular complexity index is 693. The number of esters is 1. The molecule has 3 rings (SSSR count). The van der Waals surface area contributed by atoms with Crippen LogP contribution in [0.25, 0.3) is 0 Å². The van der Waals surface area contributed by atoms with Crippen molar-refractivity contribution in [3.63, 3.8) is 0 Å². The van der Waals surface area contributed by atoms with Crippen molar-refractivity contribution < 1.29 is 28.6 Å². The third-order valence-electron chi connectivity index (χ3n) is 5.62. The average Bonchev–Trinajstić information content (AvgIpc) is 3.04. The Balaban J connectivity index is 1.94. The maximum Gasteiger partial charge on any atom is 0.337 e. The van der Waals surface area contributed by atoms with E-state index in [9.17, 15) is 14.4 Å². The molecule has 0 spiro atoms. The maximum atomic E-state index is 12.6. The summed E-state index contributed by atoms with van der Waals surface area (Å²) in [5.74, 6) is -0.616. The summed E-state index contributed by atoms with van der Waals surface area (Å²) in [6, 6.07) is 0. The van der Waals surface area contributed by atoms with Crippen LogP contribution in [0.1, 0.15) is 52.9 Å². The van der Waals surface area contributed by atoms with Gasteiger partial charge < -0.3 is 14.2 Å². The van der Waals surface area contributed by atoms with Crippen LogP contribution in [-0.4, -0.2) is 48.1 Å². The highest BCUT2D eigenvalue weighted by Gasteiger charge is 2.46. The molecular formula is C21H28O6. The second-order valence-corrected chi connectivity index (χ2v) is 8.14. The fraction of sp³-hybridized carbons (Fsp3) is 0.667. The van der Waals surface area contributed by atoms with Crippen molar-refractivity contribution in [2.24, 2.45) is 5.92 Å². The Morgan fingerprint density at radius 1 is 1.33 bits per heavy atom. The summed E-state index contributed by atoms with van der Waals surface area (Å²) in [7, 11) is 0. The Labute approximate surface area is 159 Å². The monoisotopic (exact) mass is 376 g/mol. The summed E-state index contributed by atoms with van der Waals surface area (Å²) in [5, 5.41) is 0. The summed E-state index contributed by atoms with van der Waals surface area (Å²) >= 11 is 0. The number of ketones is 2. The Kier molecular flexibility index (Phi) is 5.68. The van der Waals surface area contributed by atoms with E-state index in [1.807, 2.05) is 20.8 Å². The van der Waals surface area contributed by atoms with Crippen molar-refractivity contribution in [3.8, 4) is 0 Å². The number of fused-ring (bicyclic) bond motifs is 3. The number of carbonyl (C=O) groups excluding carboxylic acids is 3. The number of hydrogen-bond acceptors (Lipinski definition) is 6. The lowest BCUT2D eigenvalue weighted by atomic mass is 9.86. The van der Waals surface area contributed by atoms with Gasteiger partial charge in [0.25, 0.3) is 0 Å². The van der Waals surface area contributed by atoms with Crippen LogP contribution in [0.2, 0.25) is 0 Å². The fourth-order valence-electron chi connectivity index (χ4n) is 4.25. The van der Waals surface area contributed by atoms with Crippen LogP contribution in [0.15, 0.2) is 23.8 Å². The van der Waals surface area contributed by atoms with E-state index < -0.39 is 29.9 Å². The zero-order chi connectivity index (χ0) is 19.8. The summed E-state index contributed by atoms with van der Waals surface area (Å²) < 4.78 is 17.3. The molecule has 0 saturated carbocycles. The summed E-state index contributed by atoms with van der Waals surface area (Å²) in [5.41, 5.74) is 0.612. The maximum absolute atomic E-state index is 12.6. The van der Waals surface area contributed by atoms with Gasteiger partial charge in [-0.1, -0.05) is 12.2 Å². The smallest absolute Gasteiger partial charge is 0.337 e. The van der Waals surface area contributed by atoms with Gasteiger partial charge in [-0.2, -0.15) is 0 Å². The van der Waals surface area contributed by atoms with Gasteiger partial charge in [0.05, 0.1) is 17.3 Å². The molecule has 148 valence electrons. The van der Waals surface area contributed by atoms with Gasteiger partial charge in [0.15, 0.2) is 5.78 Å². The molecule has 4 bridgehead atoms. The van der Waals surface area contributed by atoms with Crippen LogP contribution < -0.4 is 0 Å². The van der Waals surface area contributed by atoms with Crippen LogP contribution in [-0.2, 0) is 28.6 Å². The second-order valence-electron chi connectivity index (χ2n) is 8.14. The molecule has 0 radical (unpaired) electrons. The molecule has 6 heteroatoms. The van der Waals surface area contributed by atoms with Gasteiger partial charge in [-0.3, -0.25) is 9.59 Å². The average molecular weight is 376 g/mol. The number of hydrogen-bond donors (Lipinski definition) is 0. The Morgan fingerprint density at radius 3 is 2.74 bits per heavy atom. The largest absolute Gasteiger partial charge is 0.455 e. The van der Waals surface area contributed by atoms with Crippen LogP contribution in [0.4, 0.5) is 0 Å². The first-order chi connectivity index (χ1) is 12.7. The van der Waals surface area contributed by atoms with Gasteiger partial charge >= 0.3 is 5.97 Å². The normalized spacial score (nSPS) is 37.1. The fourth-order valence-corrected chi connectivity index (χ4v) is 4.25. The molecule has 3 aliphatic rings. The summed E-state index contributed by atoms with van der Waals surface area (Å²) in [6.07, 6.45) is 1.64. The van der Waals surface area contributed by atoms with E-state index in [1.54, 1.807) is 6.08 Å². The molecule has 3 aliphatic heterocycles. The minimum absolute atomic E-state index is 0.0261. The van der Waals surface area contributed by atoms with Crippen molar-refractivity contribution in [3.05, 3.63) is 23.8 Å². The molecule has 0 N–H and O–H groups in total. The Hall–Kier alpha value is -1.79. The molecule has 0 aromatic carbocycles. The van der Waals surface area contributed by atoms with Crippen molar-refractivity contribution >= 4 is 17.5 Å². The lowest BCUT2D eigenvalue weighted by Crippen LogP contribution is -2.31. The topological polar surface area (TPSA) is 78.9 Å². The third kappa shape index (κ3) is 4.38. The van der Waals surface area contributed by atoms with E-state index in [4.69, 9.17) is 14.2 Å². The molecule has 0 aliphatic carbocycles. The van der Waals surface area contributed by atoms with Gasteiger partial charge in [-0.05, 0) is 39.2 Å². The third-order valence-corrected chi connectivity index (χ3v) is 5.62. The molecule has 0 amide bonds. The first-order valence-corrected chi connectivity index (χ1v) is 9.62. The number of carbonyl (C=O) groups is 3. The summed E-state index contributed by atoms with van der Waals surface area (Å²) in [6.45, 7) is 10.0. The van der Waals surface area contributed by atoms with E-state index in [0.29, 0.717) is 25.0 Å². The standard InChI is InChI=1S/C21H28O6/c1-5-25-18-7-13(12(2)3)6-14(22)8-19-17(23)11-21(4,27-19)10-15-9-16(18)20(24)26-15/h9,13,15,18-19H,2,5-8,10-11H2,1,3-4H3/t13-,15+,18-,19+,21+/m0/s1. The molecule has 0 unspecified atom stereocenters. The van der Waals surface area contributed by atoms with Crippen molar-refractivity contribution in [1.29, 1.82) is 0 Å². The lowest BCUT2D eigenvalue weighted by Gasteiger charge is -2.26. The number of ether oxygens (including phenoxy) is 3. The minimum Gasteiger partial charge on any atom is -0.455 e. The van der Waals surface area contributed by atoms with E-state index in [-0.39, 0.29) is 36.7 Å². The van der Waals surface area contributed by atoms with Crippen molar-refractivity contribution in [2.45, 2.75) is 76.8 Å². The second kappa shape index (κ2) is 7.68. The van der Waals surface area contributed by atoms with Crippen molar-refractivity contribution in [1.82, 2.24) is 0 Å². The lowest BCUT2D eigenvalue weighted by molar-refractivity contribution is -0.144. The van der Waals surface area contributed by atoms with Crippen LogP contribution in [0, 0.1) is 5.92 Å². The van der Waals surface area contributed by atoms with E-state index in [2.05, 4.69) is 6.58 Å². The van der Waals surface area contributed by atoms with Crippen LogP contribution >= 0.6 is 0 Å². The molecular weight excluding hydrogens is 348 g/mol. The van der Waals surface area contributed by atoms with Gasteiger partial charge in [0.1, 0.15) is 18.0 Å². The molecule has 5 atom stereocenters.